The number of amides is 1. The van der Waals surface area contributed by atoms with Gasteiger partial charge in [-0.05, 0) is 25.3 Å². The van der Waals surface area contributed by atoms with Gasteiger partial charge >= 0.3 is 0 Å². The summed E-state index contributed by atoms with van der Waals surface area (Å²) in [5.74, 6) is 0.0959. The monoisotopic (exact) mass is 328 g/mol. The molecule has 1 aromatic heterocycles. The Morgan fingerprint density at radius 3 is 2.84 bits per heavy atom. The Hall–Kier alpha value is -0.940. The van der Waals surface area contributed by atoms with E-state index in [4.69, 9.17) is 4.74 Å². The lowest BCUT2D eigenvalue weighted by Gasteiger charge is -2.09. The number of hydrogen-bond acceptors (Lipinski definition) is 2. The number of carbonyl (C=O) groups is 1. The van der Waals surface area contributed by atoms with Gasteiger partial charge in [-0.1, -0.05) is 0 Å². The van der Waals surface area contributed by atoms with Crippen LogP contribution >= 0.6 is 0 Å². The van der Waals surface area contributed by atoms with E-state index in [-0.39, 0.29) is 29.0 Å². The number of aromatic nitrogens is 1. The second kappa shape index (κ2) is 8.27. The highest BCUT2D eigenvalue weighted by molar-refractivity contribution is 5.75. The molecule has 1 fully saturated rings. The van der Waals surface area contributed by atoms with Gasteiger partial charge in [0.15, 0.2) is 18.9 Å². The molecule has 1 aromatic rings. The van der Waals surface area contributed by atoms with Gasteiger partial charge < -0.3 is 27.0 Å². The number of ether oxygens (including phenoxy) is 1. The summed E-state index contributed by atoms with van der Waals surface area (Å²) in [5, 5.41) is 2.93. The molecule has 1 amide bonds. The summed E-state index contributed by atoms with van der Waals surface area (Å²) in [6, 6.07) is 4.09. The maximum Gasteiger partial charge on any atom is 0.226 e. The Morgan fingerprint density at radius 1 is 1.47 bits per heavy atom. The highest BCUT2D eigenvalue weighted by Crippen LogP contribution is 2.10. The second-order valence-electron chi connectivity index (χ2n) is 4.80. The van der Waals surface area contributed by atoms with Gasteiger partial charge in [-0.2, -0.15) is 0 Å². The van der Waals surface area contributed by atoms with Crippen molar-refractivity contribution in [3.8, 4) is 0 Å². The minimum absolute atomic E-state index is 0. The first-order chi connectivity index (χ1) is 8.74. The smallest absolute Gasteiger partial charge is 0.226 e. The second-order valence-corrected chi connectivity index (χ2v) is 4.80. The zero-order valence-electron chi connectivity index (χ0n) is 11.3. The van der Waals surface area contributed by atoms with E-state index in [9.17, 15) is 4.79 Å². The Bertz CT molecular complexity index is 389. The van der Waals surface area contributed by atoms with Gasteiger partial charge in [-0.3, -0.25) is 4.79 Å². The number of hydrogen-bond donors (Lipinski definition) is 1. The van der Waals surface area contributed by atoms with Gasteiger partial charge in [-0.25, -0.2) is 4.57 Å². The third-order valence-corrected chi connectivity index (χ3v) is 3.21. The average Bonchev–Trinajstić information content (AvgIpc) is 2.89. The minimum Gasteiger partial charge on any atom is -1.00 e. The third kappa shape index (κ3) is 5.70. The number of halogens is 1. The van der Waals surface area contributed by atoms with Crippen LogP contribution in [0.2, 0.25) is 0 Å². The SMILES string of the molecule is Cc1cc[n+](CCC(=O)NCC2CCCO2)cc1.[Br-]. The molecule has 0 aliphatic carbocycles. The summed E-state index contributed by atoms with van der Waals surface area (Å²) in [4.78, 5) is 11.7. The molecule has 1 aliphatic heterocycles. The van der Waals surface area contributed by atoms with Crippen molar-refractivity contribution in [1.82, 2.24) is 5.32 Å². The van der Waals surface area contributed by atoms with Gasteiger partial charge in [-0.15, -0.1) is 0 Å². The van der Waals surface area contributed by atoms with E-state index in [1.54, 1.807) is 0 Å². The van der Waals surface area contributed by atoms with Crippen LogP contribution in [-0.4, -0.2) is 25.2 Å². The third-order valence-electron chi connectivity index (χ3n) is 3.21. The molecular weight excluding hydrogens is 308 g/mol. The van der Waals surface area contributed by atoms with Crippen molar-refractivity contribution in [2.45, 2.75) is 38.8 Å². The number of rotatable bonds is 5. The molecule has 0 aromatic carbocycles. The Kier molecular flexibility index (Phi) is 7.02. The number of aryl methyl sites for hydroxylation is 2. The van der Waals surface area contributed by atoms with Crippen molar-refractivity contribution in [2.24, 2.45) is 0 Å². The maximum absolute atomic E-state index is 11.7. The molecule has 19 heavy (non-hydrogen) atoms. The number of nitrogens with one attached hydrogen (secondary N) is 1. The van der Waals surface area contributed by atoms with Crippen LogP contribution in [0.1, 0.15) is 24.8 Å². The topological polar surface area (TPSA) is 42.2 Å². The molecule has 0 spiro atoms. The zero-order valence-corrected chi connectivity index (χ0v) is 12.9. The molecule has 1 atom stereocenters. The van der Waals surface area contributed by atoms with E-state index in [1.165, 1.54) is 5.56 Å². The highest BCUT2D eigenvalue weighted by atomic mass is 79.9. The number of carbonyl (C=O) groups excluding carboxylic acids is 1. The standard InChI is InChI=1S/C14H20N2O2.BrH/c1-12-4-7-16(8-5-12)9-6-14(17)15-11-13-3-2-10-18-13;/h4-5,7-8,13H,2-3,6,9-11H2,1H3;1H. The van der Waals surface area contributed by atoms with Crippen LogP contribution in [0.25, 0.3) is 0 Å². The molecule has 0 saturated carbocycles. The Labute approximate surface area is 124 Å². The fourth-order valence-corrected chi connectivity index (χ4v) is 2.03. The lowest BCUT2D eigenvalue weighted by atomic mass is 10.2. The molecule has 106 valence electrons. The molecule has 1 unspecified atom stereocenters. The van der Waals surface area contributed by atoms with Crippen molar-refractivity contribution in [3.05, 3.63) is 30.1 Å². The number of pyridine rings is 1. The van der Waals surface area contributed by atoms with Crippen molar-refractivity contribution in [3.63, 3.8) is 0 Å². The van der Waals surface area contributed by atoms with Crippen molar-refractivity contribution >= 4 is 5.91 Å². The van der Waals surface area contributed by atoms with Crippen LogP contribution in [0.15, 0.2) is 24.5 Å². The van der Waals surface area contributed by atoms with E-state index in [1.807, 2.05) is 29.1 Å². The molecule has 1 aliphatic rings. The molecule has 2 rings (SSSR count). The molecular formula is C14H21BrN2O2. The normalized spacial score (nSPS) is 17.8. The quantitative estimate of drug-likeness (QED) is 0.634. The molecule has 1 N–H and O–H groups in total. The molecule has 0 bridgehead atoms. The van der Waals surface area contributed by atoms with Crippen molar-refractivity contribution in [1.29, 1.82) is 0 Å². The Balaban J connectivity index is 0.00000180. The fourth-order valence-electron chi connectivity index (χ4n) is 2.03. The Morgan fingerprint density at radius 2 is 2.21 bits per heavy atom. The van der Waals surface area contributed by atoms with E-state index in [0.29, 0.717) is 13.0 Å². The van der Waals surface area contributed by atoms with Crippen LogP contribution < -0.4 is 26.9 Å². The van der Waals surface area contributed by atoms with Gasteiger partial charge in [0.05, 0.1) is 12.5 Å². The summed E-state index contributed by atoms with van der Waals surface area (Å²) >= 11 is 0. The van der Waals surface area contributed by atoms with Gasteiger partial charge in [0.25, 0.3) is 0 Å². The first-order valence-electron chi connectivity index (χ1n) is 6.58. The predicted molar refractivity (Wildman–Crippen MR) is 68.0 cm³/mol. The molecule has 2 heterocycles. The summed E-state index contributed by atoms with van der Waals surface area (Å²) in [5.41, 5.74) is 1.23. The summed E-state index contributed by atoms with van der Waals surface area (Å²) in [6.45, 7) is 4.26. The van der Waals surface area contributed by atoms with Crippen LogP contribution in [0.3, 0.4) is 0 Å². The maximum atomic E-state index is 11.7. The van der Waals surface area contributed by atoms with E-state index in [2.05, 4.69) is 12.2 Å². The summed E-state index contributed by atoms with van der Waals surface area (Å²) in [7, 11) is 0. The summed E-state index contributed by atoms with van der Waals surface area (Å²) < 4.78 is 7.49. The lowest BCUT2D eigenvalue weighted by molar-refractivity contribution is -0.695. The van der Waals surface area contributed by atoms with Crippen LogP contribution in [0, 0.1) is 6.92 Å². The van der Waals surface area contributed by atoms with Gasteiger partial charge in [0.2, 0.25) is 5.91 Å². The van der Waals surface area contributed by atoms with Gasteiger partial charge in [0, 0.05) is 25.3 Å². The molecule has 4 nitrogen and oxygen atoms in total. The van der Waals surface area contributed by atoms with Crippen molar-refractivity contribution < 1.29 is 31.1 Å². The average molecular weight is 329 g/mol. The zero-order chi connectivity index (χ0) is 12.8. The fraction of sp³-hybridized carbons (Fsp3) is 0.571. The minimum atomic E-state index is 0. The number of nitrogens with zero attached hydrogens (tertiary/aromatic N) is 1. The molecule has 1 saturated heterocycles. The predicted octanol–water partition coefficient (Wildman–Crippen LogP) is -2.03. The van der Waals surface area contributed by atoms with E-state index in [0.717, 1.165) is 26.0 Å². The van der Waals surface area contributed by atoms with Crippen molar-refractivity contribution in [2.75, 3.05) is 13.2 Å². The van der Waals surface area contributed by atoms with Gasteiger partial charge in [0.1, 0.15) is 0 Å². The van der Waals surface area contributed by atoms with E-state index < -0.39 is 0 Å². The van der Waals surface area contributed by atoms with E-state index >= 15 is 0 Å². The first kappa shape index (κ1) is 16.1. The first-order valence-corrected chi connectivity index (χ1v) is 6.58. The van der Waals surface area contributed by atoms with Crippen LogP contribution in [0.4, 0.5) is 0 Å². The summed E-state index contributed by atoms with van der Waals surface area (Å²) in [6.07, 6.45) is 6.92. The molecule has 5 heteroatoms. The molecule has 0 radical (unpaired) electrons. The van der Waals surface area contributed by atoms with Crippen LogP contribution in [0.5, 0.6) is 0 Å². The van der Waals surface area contributed by atoms with Crippen LogP contribution in [-0.2, 0) is 16.1 Å². The largest absolute Gasteiger partial charge is 1.00 e. The lowest BCUT2D eigenvalue weighted by Crippen LogP contribution is -3.00. The highest BCUT2D eigenvalue weighted by Gasteiger charge is 2.16.